The molecule has 0 fully saturated rings. The first-order valence-corrected chi connectivity index (χ1v) is 8.37. The van der Waals surface area contributed by atoms with Crippen LogP contribution in [0.5, 0.6) is 0 Å². The van der Waals surface area contributed by atoms with Crippen molar-refractivity contribution in [3.63, 3.8) is 0 Å². The van der Waals surface area contributed by atoms with E-state index in [9.17, 15) is 13.2 Å². The van der Waals surface area contributed by atoms with Crippen molar-refractivity contribution in [1.82, 2.24) is 18.7 Å². The number of hydrogen-bond donors (Lipinski definition) is 0. The number of aryl methyl sites for hydroxylation is 2. The Morgan fingerprint density at radius 1 is 1.26 bits per heavy atom. The van der Waals surface area contributed by atoms with E-state index in [0.29, 0.717) is 18.6 Å². The summed E-state index contributed by atoms with van der Waals surface area (Å²) in [5.41, 5.74) is 0.804. The summed E-state index contributed by atoms with van der Waals surface area (Å²) in [6.07, 6.45) is 3.46. The third-order valence-electron chi connectivity index (χ3n) is 3.53. The van der Waals surface area contributed by atoms with Crippen molar-refractivity contribution in [3.8, 4) is 0 Å². The molecular formula is C14H16N4O4S. The van der Waals surface area contributed by atoms with Crippen LogP contribution >= 0.6 is 0 Å². The molecular weight excluding hydrogens is 320 g/mol. The number of aromatic nitrogens is 3. The van der Waals surface area contributed by atoms with Crippen LogP contribution in [0.25, 0.3) is 11.1 Å². The Hall–Kier alpha value is -2.39. The zero-order chi connectivity index (χ0) is 16.6. The van der Waals surface area contributed by atoms with Crippen molar-refractivity contribution in [2.24, 2.45) is 0 Å². The van der Waals surface area contributed by atoms with Gasteiger partial charge in [-0.3, -0.25) is 9.25 Å². The first-order chi connectivity index (χ1) is 10.9. The van der Waals surface area contributed by atoms with E-state index in [1.807, 2.05) is 0 Å². The number of rotatable bonds is 5. The lowest BCUT2D eigenvalue weighted by atomic mass is 10.3. The normalized spacial score (nSPS) is 12.3. The first kappa shape index (κ1) is 15.5. The van der Waals surface area contributed by atoms with Gasteiger partial charge in [-0.25, -0.2) is 17.5 Å². The summed E-state index contributed by atoms with van der Waals surface area (Å²) >= 11 is 0. The van der Waals surface area contributed by atoms with Crippen LogP contribution in [0.1, 0.15) is 0 Å². The minimum atomic E-state index is -3.57. The van der Waals surface area contributed by atoms with Crippen LogP contribution in [0, 0.1) is 0 Å². The first-order valence-electron chi connectivity index (χ1n) is 6.93. The second kappa shape index (κ2) is 5.67. The zero-order valence-corrected chi connectivity index (χ0v) is 13.5. The predicted molar refractivity (Wildman–Crippen MR) is 83.6 cm³/mol. The highest BCUT2D eigenvalue weighted by atomic mass is 32.2. The van der Waals surface area contributed by atoms with Crippen LogP contribution < -0.4 is 5.76 Å². The Morgan fingerprint density at radius 3 is 2.70 bits per heavy atom. The quantitative estimate of drug-likeness (QED) is 0.685. The van der Waals surface area contributed by atoms with Crippen LogP contribution in [0.2, 0.25) is 0 Å². The van der Waals surface area contributed by atoms with E-state index in [4.69, 9.17) is 4.42 Å². The van der Waals surface area contributed by atoms with Crippen molar-refractivity contribution >= 4 is 21.1 Å². The zero-order valence-electron chi connectivity index (χ0n) is 12.7. The van der Waals surface area contributed by atoms with Gasteiger partial charge in [-0.2, -0.15) is 5.10 Å². The number of nitrogens with zero attached hydrogens (tertiary/aromatic N) is 4. The molecule has 0 spiro atoms. The Bertz CT molecular complexity index is 984. The van der Waals surface area contributed by atoms with Gasteiger partial charge in [0.05, 0.1) is 17.0 Å². The molecule has 1 aromatic carbocycles. The number of fused-ring (bicyclic) bond motifs is 1. The Labute approximate surface area is 132 Å². The van der Waals surface area contributed by atoms with E-state index in [0.717, 1.165) is 4.31 Å². The molecule has 0 bridgehead atoms. The highest BCUT2D eigenvalue weighted by Crippen LogP contribution is 2.20. The number of benzene rings is 1. The molecule has 9 heteroatoms. The summed E-state index contributed by atoms with van der Waals surface area (Å²) in [7, 11) is -0.673. The van der Waals surface area contributed by atoms with Gasteiger partial charge in [0.1, 0.15) is 0 Å². The summed E-state index contributed by atoms with van der Waals surface area (Å²) in [6.45, 7) is 0.895. The minimum absolute atomic E-state index is 0.0861. The van der Waals surface area contributed by atoms with E-state index < -0.39 is 15.8 Å². The van der Waals surface area contributed by atoms with Gasteiger partial charge >= 0.3 is 5.76 Å². The van der Waals surface area contributed by atoms with Gasteiger partial charge < -0.3 is 4.42 Å². The van der Waals surface area contributed by atoms with Crippen LogP contribution in [-0.2, 0) is 23.1 Å². The van der Waals surface area contributed by atoms with Gasteiger partial charge in [0, 0.05) is 39.1 Å². The molecule has 0 radical (unpaired) electrons. The lowest BCUT2D eigenvalue weighted by Crippen LogP contribution is -2.22. The molecule has 0 saturated carbocycles. The third-order valence-corrected chi connectivity index (χ3v) is 5.34. The Morgan fingerprint density at radius 2 is 2.04 bits per heavy atom. The fraction of sp³-hybridized carbons (Fsp3) is 0.286. The summed E-state index contributed by atoms with van der Waals surface area (Å²) < 4.78 is 33.7. The van der Waals surface area contributed by atoms with Gasteiger partial charge in [0.15, 0.2) is 5.58 Å². The maximum Gasteiger partial charge on any atom is 0.420 e. The maximum absolute atomic E-state index is 12.1. The largest absolute Gasteiger partial charge is 0.420 e. The molecule has 122 valence electrons. The Balaban J connectivity index is 1.99. The average molecular weight is 336 g/mol. The van der Waals surface area contributed by atoms with E-state index in [1.165, 1.54) is 30.8 Å². The average Bonchev–Trinajstić information content (AvgIpc) is 3.11. The summed E-state index contributed by atoms with van der Waals surface area (Å²) in [5.74, 6) is -0.522. The molecule has 0 N–H and O–H groups in total. The van der Waals surface area contributed by atoms with Gasteiger partial charge in [0.25, 0.3) is 0 Å². The molecule has 0 aliphatic rings. The van der Waals surface area contributed by atoms with Gasteiger partial charge in [-0.15, -0.1) is 0 Å². The predicted octanol–water partition coefficient (Wildman–Crippen LogP) is 0.741. The fourth-order valence-electron chi connectivity index (χ4n) is 2.26. The van der Waals surface area contributed by atoms with Crippen LogP contribution in [0.4, 0.5) is 0 Å². The molecule has 0 saturated heterocycles. The summed E-state index contributed by atoms with van der Waals surface area (Å²) in [6, 6.07) is 6.22. The van der Waals surface area contributed by atoms with E-state index >= 15 is 0 Å². The minimum Gasteiger partial charge on any atom is -0.408 e. The second-order valence-electron chi connectivity index (χ2n) is 5.21. The lowest BCUT2D eigenvalue weighted by Gasteiger charge is -2.10. The SMILES string of the molecule is CN(C)S(=O)(=O)c1ccc2c(c1)oc(=O)n2CCn1cccn1. The molecule has 2 aromatic heterocycles. The topological polar surface area (TPSA) is 90.3 Å². The lowest BCUT2D eigenvalue weighted by molar-refractivity contribution is 0.470. The van der Waals surface area contributed by atoms with E-state index in [-0.39, 0.29) is 10.5 Å². The van der Waals surface area contributed by atoms with Crippen molar-refractivity contribution in [2.45, 2.75) is 18.0 Å². The monoisotopic (exact) mass is 336 g/mol. The molecule has 0 aliphatic carbocycles. The smallest absolute Gasteiger partial charge is 0.408 e. The molecule has 0 unspecified atom stereocenters. The molecule has 8 nitrogen and oxygen atoms in total. The second-order valence-corrected chi connectivity index (χ2v) is 7.36. The van der Waals surface area contributed by atoms with Crippen molar-refractivity contribution < 1.29 is 12.8 Å². The van der Waals surface area contributed by atoms with Crippen molar-refractivity contribution in [2.75, 3.05) is 14.1 Å². The number of oxazole rings is 1. The molecule has 2 heterocycles. The highest BCUT2D eigenvalue weighted by Gasteiger charge is 2.19. The molecule has 0 aliphatic heterocycles. The Kier molecular flexibility index (Phi) is 3.82. The van der Waals surface area contributed by atoms with Crippen molar-refractivity contribution in [1.29, 1.82) is 0 Å². The van der Waals surface area contributed by atoms with Crippen LogP contribution in [0.15, 0.2) is 50.8 Å². The van der Waals surface area contributed by atoms with Crippen LogP contribution in [0.3, 0.4) is 0 Å². The summed E-state index contributed by atoms with van der Waals surface area (Å²) in [4.78, 5) is 12.1. The van der Waals surface area contributed by atoms with E-state index in [1.54, 1.807) is 29.2 Å². The van der Waals surface area contributed by atoms with Gasteiger partial charge in [0.2, 0.25) is 10.0 Å². The maximum atomic E-state index is 12.1. The fourth-order valence-corrected chi connectivity index (χ4v) is 3.18. The number of hydrogen-bond acceptors (Lipinski definition) is 5. The number of sulfonamides is 1. The molecule has 0 amide bonds. The summed E-state index contributed by atoms with van der Waals surface area (Å²) in [5, 5.41) is 4.08. The van der Waals surface area contributed by atoms with Crippen molar-refractivity contribution in [3.05, 3.63) is 47.2 Å². The molecule has 0 atom stereocenters. The molecule has 23 heavy (non-hydrogen) atoms. The third kappa shape index (κ3) is 2.80. The van der Waals surface area contributed by atoms with E-state index in [2.05, 4.69) is 5.10 Å². The highest BCUT2D eigenvalue weighted by molar-refractivity contribution is 7.89. The molecule has 3 rings (SSSR count). The molecule has 3 aromatic rings. The van der Waals surface area contributed by atoms with Gasteiger partial charge in [-0.1, -0.05) is 0 Å². The van der Waals surface area contributed by atoms with Gasteiger partial charge in [-0.05, 0) is 18.2 Å². The van der Waals surface area contributed by atoms with Crippen LogP contribution in [-0.4, -0.2) is 41.2 Å². The standard InChI is InChI=1S/C14H16N4O4S/c1-16(2)23(20,21)11-4-5-12-13(10-11)22-14(19)18(12)9-8-17-7-3-6-15-17/h3-7,10H,8-9H2,1-2H3.